The fourth-order valence-electron chi connectivity index (χ4n) is 3.43. The maximum Gasteiger partial charge on any atom is 0.340 e. The van der Waals surface area contributed by atoms with Gasteiger partial charge in [0.25, 0.3) is 0 Å². The zero-order valence-electron chi connectivity index (χ0n) is 22.5. The van der Waals surface area contributed by atoms with E-state index in [1.165, 1.54) is 30.6 Å². The van der Waals surface area contributed by atoms with Gasteiger partial charge in [0.05, 0.1) is 6.54 Å². The molecule has 0 amide bonds. The zero-order chi connectivity index (χ0) is 29.8. The zero-order valence-corrected chi connectivity index (χ0v) is 22.5. The van der Waals surface area contributed by atoms with Crippen LogP contribution in [0.1, 0.15) is 38.3 Å². The minimum Gasteiger partial charge on any atom is -0.487 e. The van der Waals surface area contributed by atoms with Crippen LogP contribution in [0.4, 0.5) is 26.3 Å². The molecule has 0 aliphatic rings. The molecule has 0 fully saturated rings. The molecule has 12 heteroatoms. The smallest absolute Gasteiger partial charge is 0.340 e. The highest BCUT2D eigenvalue weighted by molar-refractivity contribution is 6.00. The molecule has 0 radical (unpaired) electrons. The third-order valence-electron chi connectivity index (χ3n) is 5.89. The average Bonchev–Trinajstić information content (AvgIpc) is 3.43. The molecule has 1 heterocycles. The number of nitrogens with zero attached hydrogens (tertiary/aromatic N) is 5. The minimum atomic E-state index is -4.16. The second-order valence-electron chi connectivity index (χ2n) is 8.85. The summed E-state index contributed by atoms with van der Waals surface area (Å²) in [4.78, 5) is 11.8. The van der Waals surface area contributed by atoms with E-state index in [4.69, 9.17) is 0 Å². The molecule has 216 valence electrons. The number of benzene rings is 2. The summed E-state index contributed by atoms with van der Waals surface area (Å²) in [6, 6.07) is 9.77. The SMILES string of the molecule is CC=NC(/C=C/c1ccc(OCC(F)(F)C(F)F)cc1)=NC.CC[C@](C)(Cn1cncn1)c1ccc(F)cc1F. The lowest BCUT2D eigenvalue weighted by Gasteiger charge is -2.29. The average molecular weight is 568 g/mol. The fraction of sp³-hybridized carbons (Fsp3) is 0.357. The summed E-state index contributed by atoms with van der Waals surface area (Å²) in [5.41, 5.74) is 0.827. The molecule has 0 saturated heterocycles. The summed E-state index contributed by atoms with van der Waals surface area (Å²) in [6.45, 7) is 4.81. The van der Waals surface area contributed by atoms with Crippen molar-refractivity contribution in [2.75, 3.05) is 13.7 Å². The van der Waals surface area contributed by atoms with Crippen LogP contribution in [0.3, 0.4) is 0 Å². The number of aromatic nitrogens is 3. The van der Waals surface area contributed by atoms with Crippen molar-refractivity contribution in [2.24, 2.45) is 9.98 Å². The van der Waals surface area contributed by atoms with Crippen LogP contribution in [0.25, 0.3) is 6.08 Å². The number of halogens is 6. The quantitative estimate of drug-likeness (QED) is 0.150. The molecule has 3 aromatic rings. The molecule has 3 rings (SSSR count). The van der Waals surface area contributed by atoms with E-state index in [9.17, 15) is 26.3 Å². The predicted molar refractivity (Wildman–Crippen MR) is 143 cm³/mol. The molecule has 0 saturated carbocycles. The van der Waals surface area contributed by atoms with Crippen molar-refractivity contribution in [3.8, 4) is 5.75 Å². The Morgan fingerprint density at radius 3 is 2.35 bits per heavy atom. The van der Waals surface area contributed by atoms with Crippen molar-refractivity contribution in [3.63, 3.8) is 0 Å². The van der Waals surface area contributed by atoms with E-state index in [1.54, 1.807) is 55.5 Å². The van der Waals surface area contributed by atoms with Gasteiger partial charge >= 0.3 is 12.3 Å². The third-order valence-corrected chi connectivity index (χ3v) is 5.89. The Morgan fingerprint density at radius 2 is 1.82 bits per heavy atom. The Kier molecular flexibility index (Phi) is 12.1. The normalized spacial score (nSPS) is 13.9. The first kappa shape index (κ1) is 32.3. The Hall–Kier alpha value is -3.96. The van der Waals surface area contributed by atoms with Crippen LogP contribution >= 0.6 is 0 Å². The number of hydrogen-bond acceptors (Lipinski definition) is 4. The predicted octanol–water partition coefficient (Wildman–Crippen LogP) is 7.02. The molecule has 0 spiro atoms. The number of amidine groups is 1. The van der Waals surface area contributed by atoms with E-state index < -0.39 is 36.0 Å². The molecule has 1 atom stereocenters. The van der Waals surface area contributed by atoms with Crippen LogP contribution in [0.15, 0.2) is 71.2 Å². The molecule has 6 nitrogen and oxygen atoms in total. The van der Waals surface area contributed by atoms with Gasteiger partial charge in [0, 0.05) is 24.7 Å². The van der Waals surface area contributed by atoms with Gasteiger partial charge in [-0.25, -0.2) is 27.5 Å². The monoisotopic (exact) mass is 567 g/mol. The topological polar surface area (TPSA) is 64.7 Å². The van der Waals surface area contributed by atoms with Crippen molar-refractivity contribution >= 4 is 18.1 Å². The maximum absolute atomic E-state index is 13.9. The number of aliphatic imine (C=N–C) groups is 2. The lowest BCUT2D eigenvalue weighted by atomic mass is 9.79. The highest BCUT2D eigenvalue weighted by atomic mass is 19.3. The summed E-state index contributed by atoms with van der Waals surface area (Å²) >= 11 is 0. The van der Waals surface area contributed by atoms with E-state index in [2.05, 4.69) is 24.8 Å². The summed E-state index contributed by atoms with van der Waals surface area (Å²) in [5, 5.41) is 4.03. The number of hydrogen-bond donors (Lipinski definition) is 0. The fourth-order valence-corrected chi connectivity index (χ4v) is 3.43. The van der Waals surface area contributed by atoms with Gasteiger partial charge in [-0.05, 0) is 48.7 Å². The van der Waals surface area contributed by atoms with Crippen LogP contribution in [-0.4, -0.2) is 52.8 Å². The molecule has 0 N–H and O–H groups in total. The van der Waals surface area contributed by atoms with Crippen LogP contribution < -0.4 is 4.74 Å². The molecule has 0 unspecified atom stereocenters. The van der Waals surface area contributed by atoms with Gasteiger partial charge in [-0.15, -0.1) is 0 Å². The Labute approximate surface area is 229 Å². The van der Waals surface area contributed by atoms with Gasteiger partial charge in [0.2, 0.25) is 0 Å². The first-order valence-corrected chi connectivity index (χ1v) is 12.2. The van der Waals surface area contributed by atoms with Gasteiger partial charge in [-0.3, -0.25) is 9.67 Å². The van der Waals surface area contributed by atoms with Gasteiger partial charge in [-0.2, -0.15) is 13.9 Å². The van der Waals surface area contributed by atoms with Crippen molar-refractivity contribution < 1.29 is 31.1 Å². The largest absolute Gasteiger partial charge is 0.487 e. The first-order valence-electron chi connectivity index (χ1n) is 12.2. The Morgan fingerprint density at radius 1 is 1.12 bits per heavy atom. The third kappa shape index (κ3) is 9.65. The molecule has 0 aliphatic carbocycles. The van der Waals surface area contributed by atoms with E-state index in [0.717, 1.165) is 18.1 Å². The molecule has 40 heavy (non-hydrogen) atoms. The molecule has 1 aromatic heterocycles. The van der Waals surface area contributed by atoms with Gasteiger partial charge in [0.1, 0.15) is 35.9 Å². The van der Waals surface area contributed by atoms with Crippen LogP contribution in [-0.2, 0) is 12.0 Å². The van der Waals surface area contributed by atoms with Crippen LogP contribution in [0.2, 0.25) is 0 Å². The summed E-state index contributed by atoms with van der Waals surface area (Å²) in [5.74, 6) is -4.62. The van der Waals surface area contributed by atoms with Gasteiger partial charge in [-0.1, -0.05) is 38.1 Å². The molecule has 0 aliphatic heterocycles. The second kappa shape index (κ2) is 15.0. The summed E-state index contributed by atoms with van der Waals surface area (Å²) in [7, 11) is 1.60. The van der Waals surface area contributed by atoms with E-state index in [1.807, 2.05) is 13.8 Å². The van der Waals surface area contributed by atoms with E-state index >= 15 is 0 Å². The molecular formula is C28H31F6N5O. The van der Waals surface area contributed by atoms with Crippen molar-refractivity contribution in [1.29, 1.82) is 0 Å². The van der Waals surface area contributed by atoms with E-state index in [-0.39, 0.29) is 5.75 Å². The standard InChI is InChI=1S/C15H16F4N2O.C13H15F2N3/c1-3-21-13(20-2)9-6-11-4-7-12(8-5-11)22-10-15(18,19)14(16)17;1-3-13(2,7-18-9-16-8-17-18)11-5-4-10(14)6-12(11)15/h3-9,14H,10H2,1-2H3;4-6,8-9H,3,7H2,1-2H3/b9-6+,20-13?,21-3?;/t;13-/m.1/s1. The van der Waals surface area contributed by atoms with E-state index in [0.29, 0.717) is 17.9 Å². The Bertz CT molecular complexity index is 1280. The molecule has 2 aromatic carbocycles. The maximum atomic E-state index is 13.9. The summed E-state index contributed by atoms with van der Waals surface area (Å²) in [6.07, 6.45) is 5.02. The van der Waals surface area contributed by atoms with Crippen molar-refractivity contribution in [3.05, 3.63) is 84.0 Å². The summed E-state index contributed by atoms with van der Waals surface area (Å²) < 4.78 is 82.6. The molecule has 0 bridgehead atoms. The van der Waals surface area contributed by atoms with Gasteiger partial charge in [0.15, 0.2) is 6.61 Å². The number of ether oxygens (including phenoxy) is 1. The lowest BCUT2D eigenvalue weighted by Crippen LogP contribution is -2.33. The van der Waals surface area contributed by atoms with Gasteiger partial charge < -0.3 is 4.74 Å². The lowest BCUT2D eigenvalue weighted by molar-refractivity contribution is -0.148. The van der Waals surface area contributed by atoms with Crippen LogP contribution in [0, 0.1) is 11.6 Å². The van der Waals surface area contributed by atoms with Crippen LogP contribution in [0.5, 0.6) is 5.75 Å². The number of alkyl halides is 4. The molecular weight excluding hydrogens is 536 g/mol. The number of rotatable bonds is 10. The second-order valence-corrected chi connectivity index (χ2v) is 8.85. The first-order chi connectivity index (χ1) is 18.9. The Balaban J connectivity index is 0.000000285. The van der Waals surface area contributed by atoms with Crippen molar-refractivity contribution in [2.45, 2.75) is 51.5 Å². The highest BCUT2D eigenvalue weighted by Gasteiger charge is 2.41. The van der Waals surface area contributed by atoms with Crippen molar-refractivity contribution in [1.82, 2.24) is 14.8 Å². The minimum absolute atomic E-state index is 0.0911. The highest BCUT2D eigenvalue weighted by Crippen LogP contribution is 2.31.